The van der Waals surface area contributed by atoms with Crippen LogP contribution in [0.25, 0.3) is 33.2 Å². The van der Waals surface area contributed by atoms with Gasteiger partial charge in [-0.05, 0) is 78.8 Å². The highest BCUT2D eigenvalue weighted by Crippen LogP contribution is 2.50. The number of aryl methyl sites for hydroxylation is 1. The predicted molar refractivity (Wildman–Crippen MR) is 144 cm³/mol. The van der Waals surface area contributed by atoms with Crippen LogP contribution in [-0.4, -0.2) is 4.98 Å². The van der Waals surface area contributed by atoms with E-state index >= 15 is 0 Å². The first-order valence-electron chi connectivity index (χ1n) is 12.3. The summed E-state index contributed by atoms with van der Waals surface area (Å²) in [6.45, 7) is 11.3. The maximum Gasteiger partial charge on any atom is 0.0715 e. The van der Waals surface area contributed by atoms with Crippen molar-refractivity contribution in [2.45, 2.75) is 52.4 Å². The normalized spacial score (nSPS) is 18.3. The summed E-state index contributed by atoms with van der Waals surface area (Å²) in [4.78, 5) is 5.31. The Bertz CT molecular complexity index is 1530. The zero-order chi connectivity index (χ0) is 23.6. The van der Waals surface area contributed by atoms with Crippen molar-refractivity contribution in [2.24, 2.45) is 0 Å². The monoisotopic (exact) mass is 441 g/mol. The molecule has 0 spiro atoms. The SMILES string of the molecule is CC1=CC(c2cc(-c3cccc(C)c3)c3cc4c(cc3n2)C(C)(C)c2ccccc2-4)CC(C)=C1. The molecule has 3 aromatic carbocycles. The summed E-state index contributed by atoms with van der Waals surface area (Å²) in [5.74, 6) is 0.316. The number of hydrogen-bond acceptors (Lipinski definition) is 1. The lowest BCUT2D eigenvalue weighted by atomic mass is 9.82. The lowest BCUT2D eigenvalue weighted by molar-refractivity contribution is 0.661. The van der Waals surface area contributed by atoms with Crippen molar-refractivity contribution in [3.05, 3.63) is 112 Å². The molecule has 0 amide bonds. The Morgan fingerprint density at radius 1 is 0.794 bits per heavy atom. The topological polar surface area (TPSA) is 12.9 Å². The Labute approximate surface area is 202 Å². The van der Waals surface area contributed by atoms with Crippen molar-refractivity contribution < 1.29 is 0 Å². The van der Waals surface area contributed by atoms with Gasteiger partial charge in [-0.2, -0.15) is 0 Å². The Morgan fingerprint density at radius 3 is 2.41 bits per heavy atom. The lowest BCUT2D eigenvalue weighted by Gasteiger charge is -2.23. The van der Waals surface area contributed by atoms with E-state index in [1.807, 2.05) is 0 Å². The quantitative estimate of drug-likeness (QED) is 0.303. The molecular formula is C33H31N. The Balaban J connectivity index is 1.65. The number of benzene rings is 3. The smallest absolute Gasteiger partial charge is 0.0715 e. The highest BCUT2D eigenvalue weighted by molar-refractivity contribution is 6.00. The summed E-state index contributed by atoms with van der Waals surface area (Å²) in [6.07, 6.45) is 5.71. The number of rotatable bonds is 2. The first-order valence-corrected chi connectivity index (χ1v) is 12.3. The largest absolute Gasteiger partial charge is 0.252 e. The van der Waals surface area contributed by atoms with Crippen molar-refractivity contribution in [2.75, 3.05) is 0 Å². The fourth-order valence-corrected chi connectivity index (χ4v) is 6.09. The minimum atomic E-state index is -0.0258. The van der Waals surface area contributed by atoms with E-state index in [1.54, 1.807) is 0 Å². The molecule has 1 heterocycles. The molecule has 168 valence electrons. The van der Waals surface area contributed by atoms with Crippen LogP contribution in [0.2, 0.25) is 0 Å². The van der Waals surface area contributed by atoms with Gasteiger partial charge < -0.3 is 0 Å². The lowest BCUT2D eigenvalue weighted by Crippen LogP contribution is -2.15. The Kier molecular flexibility index (Phi) is 4.68. The Morgan fingerprint density at radius 2 is 1.62 bits per heavy atom. The summed E-state index contributed by atoms with van der Waals surface area (Å²) in [7, 11) is 0. The van der Waals surface area contributed by atoms with Crippen LogP contribution in [0.15, 0.2) is 90.0 Å². The second-order valence-electron chi connectivity index (χ2n) is 10.8. The third-order valence-electron chi connectivity index (χ3n) is 7.72. The standard InChI is InChI=1S/C33H31N/c1-20-9-8-10-23(14-20)26-18-31(24-15-21(2)13-22(3)16-24)34-32-19-30-27(17-28(26)32)25-11-6-7-12-29(25)33(30,4)5/h6-15,17-19,24H,16H2,1-5H3. The molecule has 2 aliphatic rings. The maximum atomic E-state index is 5.31. The van der Waals surface area contributed by atoms with Gasteiger partial charge in [0.1, 0.15) is 0 Å². The minimum Gasteiger partial charge on any atom is -0.252 e. The second-order valence-corrected chi connectivity index (χ2v) is 10.8. The summed E-state index contributed by atoms with van der Waals surface area (Å²) in [5.41, 5.74) is 14.3. The van der Waals surface area contributed by atoms with Gasteiger partial charge in [-0.3, -0.25) is 4.98 Å². The van der Waals surface area contributed by atoms with E-state index in [0.717, 1.165) is 11.9 Å². The van der Waals surface area contributed by atoms with Gasteiger partial charge in [0.25, 0.3) is 0 Å². The molecule has 0 fully saturated rings. The summed E-state index contributed by atoms with van der Waals surface area (Å²) < 4.78 is 0. The molecule has 0 aliphatic heterocycles. The summed E-state index contributed by atoms with van der Waals surface area (Å²) in [5, 5.41) is 1.24. The van der Waals surface area contributed by atoms with Gasteiger partial charge in [0.15, 0.2) is 0 Å². The molecule has 0 radical (unpaired) electrons. The van der Waals surface area contributed by atoms with Crippen molar-refractivity contribution in [3.8, 4) is 22.3 Å². The van der Waals surface area contributed by atoms with Crippen LogP contribution >= 0.6 is 0 Å². The van der Waals surface area contributed by atoms with Crippen LogP contribution in [0.4, 0.5) is 0 Å². The second kappa shape index (κ2) is 7.53. The highest BCUT2D eigenvalue weighted by Gasteiger charge is 2.35. The molecule has 1 unspecified atom stereocenters. The van der Waals surface area contributed by atoms with E-state index in [2.05, 4.69) is 114 Å². The fourth-order valence-electron chi connectivity index (χ4n) is 6.09. The molecule has 34 heavy (non-hydrogen) atoms. The van der Waals surface area contributed by atoms with Crippen molar-refractivity contribution >= 4 is 10.9 Å². The molecule has 0 bridgehead atoms. The first kappa shape index (κ1) is 21.1. The number of nitrogens with zero attached hydrogens (tertiary/aromatic N) is 1. The van der Waals surface area contributed by atoms with Gasteiger partial charge in [0.05, 0.1) is 5.52 Å². The van der Waals surface area contributed by atoms with Gasteiger partial charge in [-0.15, -0.1) is 0 Å². The fraction of sp³-hybridized carbons (Fsp3) is 0.242. The molecule has 1 aromatic heterocycles. The predicted octanol–water partition coefficient (Wildman–Crippen LogP) is 8.90. The maximum absolute atomic E-state index is 5.31. The average molecular weight is 442 g/mol. The number of pyridine rings is 1. The van der Waals surface area contributed by atoms with E-state index in [-0.39, 0.29) is 5.41 Å². The molecule has 6 rings (SSSR count). The van der Waals surface area contributed by atoms with E-state index < -0.39 is 0 Å². The molecule has 4 aromatic rings. The van der Waals surface area contributed by atoms with E-state index in [0.29, 0.717) is 5.92 Å². The highest BCUT2D eigenvalue weighted by atomic mass is 14.7. The zero-order valence-corrected chi connectivity index (χ0v) is 20.7. The van der Waals surface area contributed by atoms with Crippen LogP contribution < -0.4 is 0 Å². The van der Waals surface area contributed by atoms with E-state index in [4.69, 9.17) is 4.98 Å². The van der Waals surface area contributed by atoms with Gasteiger partial charge in [-0.1, -0.05) is 91.2 Å². The molecular weight excluding hydrogens is 410 g/mol. The molecule has 0 saturated carbocycles. The number of fused-ring (bicyclic) bond motifs is 4. The Hall–Kier alpha value is -3.45. The summed E-state index contributed by atoms with van der Waals surface area (Å²) >= 11 is 0. The van der Waals surface area contributed by atoms with Crippen LogP contribution in [0.5, 0.6) is 0 Å². The van der Waals surface area contributed by atoms with Gasteiger partial charge in [0.2, 0.25) is 0 Å². The minimum absolute atomic E-state index is 0.0258. The van der Waals surface area contributed by atoms with Gasteiger partial charge >= 0.3 is 0 Å². The van der Waals surface area contributed by atoms with Crippen LogP contribution in [0, 0.1) is 6.92 Å². The number of aromatic nitrogens is 1. The van der Waals surface area contributed by atoms with Crippen molar-refractivity contribution in [1.82, 2.24) is 4.98 Å². The van der Waals surface area contributed by atoms with E-state index in [9.17, 15) is 0 Å². The number of allylic oxidation sites excluding steroid dienone is 4. The van der Waals surface area contributed by atoms with Crippen LogP contribution in [-0.2, 0) is 5.41 Å². The molecule has 0 saturated heterocycles. The van der Waals surface area contributed by atoms with Crippen LogP contribution in [0.3, 0.4) is 0 Å². The molecule has 1 nitrogen and oxygen atoms in total. The van der Waals surface area contributed by atoms with Crippen LogP contribution in [0.1, 0.15) is 62.4 Å². The number of hydrogen-bond donors (Lipinski definition) is 0. The molecule has 2 aliphatic carbocycles. The zero-order valence-electron chi connectivity index (χ0n) is 20.7. The van der Waals surface area contributed by atoms with Gasteiger partial charge in [-0.25, -0.2) is 0 Å². The molecule has 1 heteroatoms. The third kappa shape index (κ3) is 3.26. The van der Waals surface area contributed by atoms with Crippen molar-refractivity contribution in [3.63, 3.8) is 0 Å². The average Bonchev–Trinajstić information content (AvgIpc) is 3.03. The van der Waals surface area contributed by atoms with E-state index in [1.165, 1.54) is 61.2 Å². The first-order chi connectivity index (χ1) is 16.3. The van der Waals surface area contributed by atoms with Gasteiger partial charge in [0, 0.05) is 22.4 Å². The molecule has 0 N–H and O–H groups in total. The molecule has 1 atom stereocenters. The third-order valence-corrected chi connectivity index (χ3v) is 7.72. The van der Waals surface area contributed by atoms with Crippen molar-refractivity contribution in [1.29, 1.82) is 0 Å². The summed E-state index contributed by atoms with van der Waals surface area (Å²) in [6, 6.07) is 24.9.